The molecule has 2 fully saturated rings. The molecular formula is C19H29ClN2O2. The zero-order chi connectivity index (χ0) is 16.3. The molecule has 1 aromatic carbocycles. The minimum atomic E-state index is 0. The summed E-state index contributed by atoms with van der Waals surface area (Å²) in [5.74, 6) is 1.71. The van der Waals surface area contributed by atoms with Gasteiger partial charge in [-0.1, -0.05) is 38.0 Å². The van der Waals surface area contributed by atoms with Gasteiger partial charge in [-0.2, -0.15) is 0 Å². The van der Waals surface area contributed by atoms with Crippen LogP contribution >= 0.6 is 12.4 Å². The second-order valence-corrected chi connectivity index (χ2v) is 7.11. The van der Waals surface area contributed by atoms with E-state index in [4.69, 9.17) is 4.74 Å². The van der Waals surface area contributed by atoms with Gasteiger partial charge in [0.15, 0.2) is 0 Å². The highest BCUT2D eigenvalue weighted by molar-refractivity contribution is 5.85. The molecular weight excluding hydrogens is 324 g/mol. The van der Waals surface area contributed by atoms with Crippen LogP contribution in [0.4, 0.5) is 0 Å². The number of methoxy groups -OCH3 is 1. The Kier molecular flexibility index (Phi) is 6.53. The molecule has 1 aliphatic carbocycles. The lowest BCUT2D eigenvalue weighted by atomic mass is 9.78. The van der Waals surface area contributed by atoms with Crippen molar-refractivity contribution in [3.05, 3.63) is 29.8 Å². The van der Waals surface area contributed by atoms with Crippen LogP contribution in [0.1, 0.15) is 38.2 Å². The Hall–Kier alpha value is -1.26. The maximum atomic E-state index is 12.5. The quantitative estimate of drug-likeness (QED) is 0.827. The van der Waals surface area contributed by atoms with Crippen molar-refractivity contribution in [3.63, 3.8) is 0 Å². The number of amides is 1. The lowest BCUT2D eigenvalue weighted by Crippen LogP contribution is -2.51. The number of carbonyl (C=O) groups is 1. The summed E-state index contributed by atoms with van der Waals surface area (Å²) in [6, 6.07) is 8.27. The van der Waals surface area contributed by atoms with Gasteiger partial charge in [0.05, 0.1) is 7.11 Å². The molecule has 4 nitrogen and oxygen atoms in total. The van der Waals surface area contributed by atoms with Gasteiger partial charge in [-0.05, 0) is 37.9 Å². The lowest BCUT2D eigenvalue weighted by molar-refractivity contribution is -0.127. The van der Waals surface area contributed by atoms with Crippen molar-refractivity contribution in [3.8, 4) is 5.75 Å². The number of ether oxygens (including phenoxy) is 1. The fourth-order valence-corrected chi connectivity index (χ4v) is 3.97. The molecule has 24 heavy (non-hydrogen) atoms. The molecule has 1 heterocycles. The molecule has 1 saturated heterocycles. The molecule has 0 aromatic heterocycles. The predicted octanol–water partition coefficient (Wildman–Crippen LogP) is 2.90. The third-order valence-electron chi connectivity index (χ3n) is 5.77. The second kappa shape index (κ2) is 8.21. The van der Waals surface area contributed by atoms with Crippen LogP contribution in [-0.4, -0.2) is 32.7 Å². The molecule has 3 rings (SSSR count). The Morgan fingerprint density at radius 3 is 2.58 bits per heavy atom. The summed E-state index contributed by atoms with van der Waals surface area (Å²) in [6.45, 7) is 4.69. The third kappa shape index (κ3) is 3.70. The number of nitrogens with one attached hydrogen (secondary N) is 2. The van der Waals surface area contributed by atoms with Crippen molar-refractivity contribution in [2.24, 2.45) is 11.8 Å². The Morgan fingerprint density at radius 2 is 2.00 bits per heavy atom. The topological polar surface area (TPSA) is 50.4 Å². The van der Waals surface area contributed by atoms with E-state index in [2.05, 4.69) is 22.8 Å². The van der Waals surface area contributed by atoms with Gasteiger partial charge in [-0.25, -0.2) is 0 Å². The highest BCUT2D eigenvalue weighted by Gasteiger charge is 2.39. The van der Waals surface area contributed by atoms with Crippen LogP contribution < -0.4 is 15.4 Å². The molecule has 5 heteroatoms. The Bertz CT molecular complexity index is 554. The van der Waals surface area contributed by atoms with E-state index in [1.54, 1.807) is 7.11 Å². The molecule has 1 amide bonds. The SMILES string of the molecule is COc1ccccc1C1(CNC(=O)C(C)C2CNC2)CCCC1.Cl. The van der Waals surface area contributed by atoms with Crippen LogP contribution in [0.3, 0.4) is 0 Å². The molecule has 0 radical (unpaired) electrons. The highest BCUT2D eigenvalue weighted by Crippen LogP contribution is 2.44. The largest absolute Gasteiger partial charge is 0.496 e. The van der Waals surface area contributed by atoms with Gasteiger partial charge < -0.3 is 15.4 Å². The number of halogens is 1. The first-order valence-corrected chi connectivity index (χ1v) is 8.78. The first-order chi connectivity index (χ1) is 11.2. The number of benzene rings is 1. The normalized spacial score (nSPS) is 20.6. The molecule has 0 spiro atoms. The van der Waals surface area contributed by atoms with Crippen molar-refractivity contribution < 1.29 is 9.53 Å². The molecule has 1 aliphatic heterocycles. The second-order valence-electron chi connectivity index (χ2n) is 7.11. The van der Waals surface area contributed by atoms with Crippen LogP contribution in [-0.2, 0) is 10.2 Å². The summed E-state index contributed by atoms with van der Waals surface area (Å²) in [5.41, 5.74) is 1.28. The lowest BCUT2D eigenvalue weighted by Gasteiger charge is -2.34. The fourth-order valence-electron chi connectivity index (χ4n) is 3.97. The summed E-state index contributed by atoms with van der Waals surface area (Å²) >= 11 is 0. The minimum Gasteiger partial charge on any atom is -0.496 e. The standard InChI is InChI=1S/C19H28N2O2.ClH/c1-14(15-11-20-12-15)18(22)21-13-19(9-5-6-10-19)16-7-3-4-8-17(16)23-2;/h3-4,7-8,14-15,20H,5-6,9-13H2,1-2H3,(H,21,22);1H. The third-order valence-corrected chi connectivity index (χ3v) is 5.77. The predicted molar refractivity (Wildman–Crippen MR) is 98.9 cm³/mol. The molecule has 2 aliphatic rings. The van der Waals surface area contributed by atoms with Gasteiger partial charge in [0.2, 0.25) is 5.91 Å². The average Bonchev–Trinajstić information content (AvgIpc) is 3.01. The summed E-state index contributed by atoms with van der Waals surface area (Å²) in [5, 5.41) is 6.49. The van der Waals surface area contributed by atoms with Crippen LogP contribution in [0.15, 0.2) is 24.3 Å². The molecule has 2 N–H and O–H groups in total. The van der Waals surface area contributed by atoms with Crippen LogP contribution in [0.5, 0.6) is 5.75 Å². The Balaban J connectivity index is 0.00000208. The van der Waals surface area contributed by atoms with Gasteiger partial charge in [0, 0.05) is 23.4 Å². The monoisotopic (exact) mass is 352 g/mol. The summed E-state index contributed by atoms with van der Waals surface area (Å²) in [7, 11) is 1.73. The van der Waals surface area contributed by atoms with Crippen LogP contribution in [0.25, 0.3) is 0 Å². The van der Waals surface area contributed by atoms with E-state index < -0.39 is 0 Å². The maximum absolute atomic E-state index is 12.5. The highest BCUT2D eigenvalue weighted by atomic mass is 35.5. The maximum Gasteiger partial charge on any atom is 0.223 e. The van der Waals surface area contributed by atoms with Crippen LogP contribution in [0.2, 0.25) is 0 Å². The number of hydrogen-bond acceptors (Lipinski definition) is 3. The molecule has 1 aromatic rings. The first-order valence-electron chi connectivity index (χ1n) is 8.78. The van der Waals surface area contributed by atoms with Gasteiger partial charge in [-0.3, -0.25) is 4.79 Å². The number of hydrogen-bond donors (Lipinski definition) is 2. The Labute approximate surface area is 151 Å². The minimum absolute atomic E-state index is 0. The summed E-state index contributed by atoms with van der Waals surface area (Å²) in [4.78, 5) is 12.5. The molecule has 1 atom stereocenters. The Morgan fingerprint density at radius 1 is 1.33 bits per heavy atom. The first kappa shape index (κ1) is 19.1. The average molecular weight is 353 g/mol. The van der Waals surface area contributed by atoms with Crippen molar-refractivity contribution in [2.45, 2.75) is 38.0 Å². The van der Waals surface area contributed by atoms with E-state index in [1.165, 1.54) is 18.4 Å². The van der Waals surface area contributed by atoms with Crippen molar-refractivity contribution in [1.29, 1.82) is 0 Å². The van der Waals surface area contributed by atoms with Gasteiger partial charge >= 0.3 is 0 Å². The summed E-state index contributed by atoms with van der Waals surface area (Å²) in [6.07, 6.45) is 4.67. The molecule has 134 valence electrons. The molecule has 1 saturated carbocycles. The summed E-state index contributed by atoms with van der Waals surface area (Å²) < 4.78 is 5.58. The van der Waals surface area contributed by atoms with Crippen molar-refractivity contribution >= 4 is 18.3 Å². The van der Waals surface area contributed by atoms with E-state index in [-0.39, 0.29) is 29.6 Å². The zero-order valence-electron chi connectivity index (χ0n) is 14.6. The van der Waals surface area contributed by atoms with E-state index in [1.807, 2.05) is 19.1 Å². The van der Waals surface area contributed by atoms with Gasteiger partial charge in [0.25, 0.3) is 0 Å². The molecule has 0 bridgehead atoms. The zero-order valence-corrected chi connectivity index (χ0v) is 15.5. The van der Waals surface area contributed by atoms with Crippen molar-refractivity contribution in [1.82, 2.24) is 10.6 Å². The van der Waals surface area contributed by atoms with E-state index >= 15 is 0 Å². The van der Waals surface area contributed by atoms with E-state index in [0.717, 1.165) is 38.2 Å². The van der Waals surface area contributed by atoms with Gasteiger partial charge in [0.1, 0.15) is 5.75 Å². The van der Waals surface area contributed by atoms with E-state index in [9.17, 15) is 4.79 Å². The molecule has 1 unspecified atom stereocenters. The number of para-hydroxylation sites is 1. The van der Waals surface area contributed by atoms with Crippen molar-refractivity contribution in [2.75, 3.05) is 26.7 Å². The van der Waals surface area contributed by atoms with Gasteiger partial charge in [-0.15, -0.1) is 12.4 Å². The van der Waals surface area contributed by atoms with E-state index in [0.29, 0.717) is 5.92 Å². The fraction of sp³-hybridized carbons (Fsp3) is 0.632. The number of rotatable bonds is 6. The van der Waals surface area contributed by atoms with Crippen LogP contribution in [0, 0.1) is 11.8 Å². The smallest absolute Gasteiger partial charge is 0.223 e. The number of carbonyl (C=O) groups excluding carboxylic acids is 1.